The van der Waals surface area contributed by atoms with Crippen LogP contribution in [0.25, 0.3) is 0 Å². The number of aliphatic carboxylic acids is 2. The minimum absolute atomic E-state index is 0. The largest absolute Gasteiger partial charge is 1.00 e. The molecule has 2 saturated carbocycles. The molecular weight excluding hydrogens is 1820 g/mol. The number of carbonyl (C=O) groups excluding carboxylic acids is 8. The fraction of sp³-hybridized carbons (Fsp3) is 0.613. The summed E-state index contributed by atoms with van der Waals surface area (Å²) < 4.78 is 98.9. The second-order valence-electron chi connectivity index (χ2n) is 40.2. The Morgan fingerprint density at radius 2 is 0.821 bits per heavy atom. The van der Waals surface area contributed by atoms with Gasteiger partial charge >= 0.3 is 78.1 Å². The number of anilines is 2. The van der Waals surface area contributed by atoms with Crippen LogP contribution in [0.2, 0.25) is 0 Å². The Morgan fingerprint density at radius 3 is 1.13 bits per heavy atom. The summed E-state index contributed by atoms with van der Waals surface area (Å²) in [5.41, 5.74) is -2.78. The van der Waals surface area contributed by atoms with Crippen LogP contribution in [-0.2, 0) is 90.2 Å². The average molecular weight is 1950 g/mol. The molecule has 5 amide bonds. The summed E-state index contributed by atoms with van der Waals surface area (Å²) in [7, 11) is -3.13. The number of nitrogens with one attached hydrogen (secondary N) is 5. The first kappa shape index (κ1) is 119. The van der Waals surface area contributed by atoms with E-state index in [9.17, 15) is 77.1 Å². The molecular formula is C93H134ClF2N10NaO25S2. The number of rotatable bonds is 21. The van der Waals surface area contributed by atoms with Crippen LogP contribution < -0.4 is 55.0 Å². The van der Waals surface area contributed by atoms with Gasteiger partial charge in [0.1, 0.15) is 69.9 Å². The molecule has 4 aromatic carbocycles. The molecule has 740 valence electrons. The van der Waals surface area contributed by atoms with Crippen molar-refractivity contribution in [1.82, 2.24) is 29.5 Å². The molecule has 4 aromatic rings. The van der Waals surface area contributed by atoms with Crippen molar-refractivity contribution in [2.75, 3.05) is 36.8 Å². The molecule has 4 heterocycles. The van der Waals surface area contributed by atoms with Crippen molar-refractivity contribution >= 4 is 106 Å². The summed E-state index contributed by atoms with van der Waals surface area (Å²) in [5.74, 6) is -4.28. The second kappa shape index (κ2) is 49.8. The van der Waals surface area contributed by atoms with Crippen LogP contribution in [0.5, 0.6) is 0 Å². The van der Waals surface area contributed by atoms with Crippen LogP contribution in [0, 0.1) is 46.1 Å². The molecule has 4 aliphatic heterocycles. The Morgan fingerprint density at radius 1 is 0.478 bits per heavy atom. The molecule has 0 aromatic heterocycles. The van der Waals surface area contributed by atoms with Crippen LogP contribution in [0.15, 0.2) is 84.9 Å². The molecule has 2 aliphatic carbocycles. The third kappa shape index (κ3) is 38.1. The number of amides is 5. The number of nitriles is 2. The zero-order chi connectivity index (χ0) is 98.8. The first-order chi connectivity index (χ1) is 60.3. The normalized spacial score (nSPS) is 20.6. The number of ether oxygens (including phenoxy) is 7. The molecule has 12 atom stereocenters. The third-order valence-corrected chi connectivity index (χ3v) is 23.9. The van der Waals surface area contributed by atoms with E-state index in [4.69, 9.17) is 43.7 Å². The monoisotopic (exact) mass is 1950 g/mol. The number of likely N-dealkylation sites (tertiary alicyclic amines) is 3. The molecule has 11 N–H and O–H groups in total. The van der Waals surface area contributed by atoms with Crippen molar-refractivity contribution < 1.29 is 159 Å². The van der Waals surface area contributed by atoms with E-state index in [1.807, 2.05) is 53.7 Å². The third-order valence-electron chi connectivity index (χ3n) is 20.6. The number of carbonyl (C=O) groups is 10. The van der Waals surface area contributed by atoms with E-state index in [1.54, 1.807) is 152 Å². The molecule has 2 unspecified atom stereocenters. The van der Waals surface area contributed by atoms with Gasteiger partial charge in [0.2, 0.25) is 11.8 Å². The summed E-state index contributed by atoms with van der Waals surface area (Å²) in [6, 6.07) is 23.5. The van der Waals surface area contributed by atoms with E-state index < -0.39 is 191 Å². The molecule has 10 rings (SSSR count). The van der Waals surface area contributed by atoms with Gasteiger partial charge < -0.3 is 80.1 Å². The fourth-order valence-electron chi connectivity index (χ4n) is 14.0. The van der Waals surface area contributed by atoms with Crippen molar-refractivity contribution in [3.8, 4) is 12.1 Å². The number of halogens is 3. The zero-order valence-corrected chi connectivity index (χ0v) is 85.3. The number of hydrogen-bond acceptors (Lipinski definition) is 26. The smallest absolute Gasteiger partial charge is 0.870 e. The maximum Gasteiger partial charge on any atom is 1.00 e. The van der Waals surface area contributed by atoms with Gasteiger partial charge in [-0.2, -0.15) is 10.5 Å². The number of aliphatic hydroxyl groups excluding tert-OH is 3. The maximum absolute atomic E-state index is 15.5. The van der Waals surface area contributed by atoms with Crippen molar-refractivity contribution in [2.45, 2.75) is 327 Å². The average Bonchev–Trinajstić information content (AvgIpc) is 1.39. The van der Waals surface area contributed by atoms with Gasteiger partial charge in [-0.3, -0.25) is 33.9 Å². The van der Waals surface area contributed by atoms with Gasteiger partial charge in [0.05, 0.1) is 115 Å². The Balaban J connectivity index is 0.000000484. The second-order valence-corrected chi connectivity index (χ2v) is 44.2. The van der Waals surface area contributed by atoms with Gasteiger partial charge in [-0.1, -0.05) is 62.1 Å². The molecule has 0 bridgehead atoms. The summed E-state index contributed by atoms with van der Waals surface area (Å²) in [5, 5.41) is 73.1. The number of nitrogens with zero attached hydrogens (tertiary/aromatic N) is 5. The summed E-state index contributed by atoms with van der Waals surface area (Å²) in [6.45, 7) is 38.0. The van der Waals surface area contributed by atoms with E-state index in [0.29, 0.717) is 71.0 Å². The Kier molecular flexibility index (Phi) is 44.3. The van der Waals surface area contributed by atoms with Crippen LogP contribution in [0.4, 0.5) is 44.1 Å². The Labute approximate surface area is 816 Å². The van der Waals surface area contributed by atoms with Crippen molar-refractivity contribution in [1.29, 1.82) is 10.5 Å². The van der Waals surface area contributed by atoms with Gasteiger partial charge in [-0.05, 0) is 254 Å². The SMILES string of the molecule is CC(=O)O[C@@H]1C[C@H](C(=O)Nc2cc(C(CCC3CC3)(N[S@](=O)C(C)(C)C)c3cccc(C#N)c3)ccc2F)N(C(=O)OC(C)(C)C)C1.CC(C)(C)OC(=O)N1C[C@H](O)C[C@@H]1C(=O)Nc1cc(C(CCC2CC2)(N[S@](=O)C(C)(C)C)c2cccc(C#N)c2)ccc1F.CC(C)(C)OC(=O)N1C[C@H](O)C[C@@H]1C(=O)O.CC(C)(C)OC(=O)OC(=O)OC(C)(C)C.Cl.O=C(O)[C@H]1C[C@@H](O)CN1.[Na+].[OH-]. The van der Waals surface area contributed by atoms with Gasteiger partial charge in [0, 0.05) is 39.2 Å². The maximum atomic E-state index is 15.5. The molecule has 134 heavy (non-hydrogen) atoms. The molecule has 0 radical (unpaired) electrons. The zero-order valence-electron chi connectivity index (χ0n) is 80.8. The summed E-state index contributed by atoms with van der Waals surface area (Å²) in [4.78, 5) is 123. The van der Waals surface area contributed by atoms with E-state index in [0.717, 1.165) is 48.3 Å². The molecule has 6 fully saturated rings. The number of carboxylic acid groups (broad SMARTS) is 2. The Hall–Kier alpha value is -9.07. The molecule has 35 nitrogen and oxygen atoms in total. The van der Waals surface area contributed by atoms with Crippen molar-refractivity contribution in [2.24, 2.45) is 11.8 Å². The van der Waals surface area contributed by atoms with Crippen LogP contribution in [-0.4, -0.2) is 227 Å². The van der Waals surface area contributed by atoms with E-state index >= 15 is 8.78 Å². The summed E-state index contributed by atoms with van der Waals surface area (Å²) >= 11 is 0. The number of benzene rings is 4. The minimum Gasteiger partial charge on any atom is -0.870 e. The van der Waals surface area contributed by atoms with Crippen molar-refractivity contribution in [3.63, 3.8) is 0 Å². The topological polar surface area (TPSA) is 518 Å². The number of β-amino-alcohol motifs (C(OH)–C–C–N with tert-alkyl or cyclic N) is 3. The van der Waals surface area contributed by atoms with Crippen LogP contribution in [0.3, 0.4) is 0 Å². The van der Waals surface area contributed by atoms with E-state index in [1.165, 1.54) is 36.1 Å². The summed E-state index contributed by atoms with van der Waals surface area (Å²) in [6.07, 6.45) is 0.108. The van der Waals surface area contributed by atoms with Gasteiger partial charge in [0.15, 0.2) is 0 Å². The first-order valence-electron chi connectivity index (χ1n) is 43.5. The van der Waals surface area contributed by atoms with Crippen LogP contribution in [0.1, 0.15) is 263 Å². The standard InChI is InChI=1S/C35H45FN4O6S.C33H43FN4O5S.C10H17NO5.C10H18O5.C5H9NO3.ClH.Na.H2O/c1-22(41)45-27-19-30(40(21-27)32(43)46-33(2,3)4)31(42)38-29-18-26(13-14-28(29)36)35(16-15-23-11-12-23,39-47(44)34(5,6)7)25-10-8-9-24(17-25)20-37;1-31(2,3)43-30(41)38-20-25(39)18-28(38)29(40)36-27-17-24(12-13-26(27)34)33(15-14-21-10-11-21,37-44(42)32(4,5)6)23-9-7-8-22(16-23)19-35;1-10(2,3)16-9(15)11-5-6(12)4-7(11)8(13)14;1-9(2,3)14-7(11)13-8(12)15-10(4,5)6;7-3-1-4(5(8)9)6-2-3;;;/h8-10,13-14,17-18,23,27,30,39H,11-12,15-16,19,21H2,1-7H3,(H,38,42);7-9,12-13,16-17,21,25,28,37,39H,10-11,14-15,18,20H2,1-6H3,(H,36,40);6-7,12H,4-5H2,1-3H3,(H,13,14);1-6H3;3-4,6-7H,1-2H2,(H,8,9);1H;;1H2/q;;;;;;+1;/p-1/t27-,30-,35?,47-;25-,28-,33?,44-;6-,7-;;3-,4-;;;/m111.1.../s1. The first-order valence-corrected chi connectivity index (χ1v) is 45.8. The minimum atomic E-state index is -1.58. The van der Waals surface area contributed by atoms with Gasteiger partial charge in [-0.25, -0.2) is 55.4 Å². The molecule has 6 aliphatic rings. The Bertz CT molecular complexity index is 4850. The van der Waals surface area contributed by atoms with Gasteiger partial charge in [-0.15, -0.1) is 12.4 Å². The number of esters is 1. The van der Waals surface area contributed by atoms with Gasteiger partial charge in [0.25, 0.3) is 0 Å². The molecule has 0 spiro atoms. The van der Waals surface area contributed by atoms with Crippen LogP contribution >= 0.6 is 12.4 Å². The quantitative estimate of drug-likeness (QED) is 0.0160. The number of hydrogen-bond donors (Lipinski definition) is 10. The number of aliphatic hydroxyl groups is 3. The predicted octanol–water partition coefficient (Wildman–Crippen LogP) is 10.9. The van der Waals surface area contributed by atoms with E-state index in [-0.39, 0.29) is 97.7 Å². The molecule has 41 heteroatoms. The van der Waals surface area contributed by atoms with E-state index in [2.05, 4.69) is 42.3 Å². The predicted molar refractivity (Wildman–Crippen MR) is 492 cm³/mol. The fourth-order valence-corrected chi connectivity index (χ4v) is 15.9. The molecule has 4 saturated heterocycles. The number of carboxylic acids is 2. The van der Waals surface area contributed by atoms with Crippen molar-refractivity contribution in [3.05, 3.63) is 130 Å².